The average molecular weight is 303 g/mol. The molecule has 0 aromatic heterocycles. The normalized spacial score (nSPS) is 12.7. The van der Waals surface area contributed by atoms with Crippen molar-refractivity contribution in [2.75, 3.05) is 26.2 Å². The third-order valence-corrected chi connectivity index (χ3v) is 17.1. The van der Waals surface area contributed by atoms with Crippen molar-refractivity contribution >= 4 is 13.7 Å². The molecule has 0 atom stereocenters. The van der Waals surface area contributed by atoms with Crippen molar-refractivity contribution in [3.63, 3.8) is 0 Å². The van der Waals surface area contributed by atoms with Gasteiger partial charge in [-0.05, 0) is 0 Å². The molecule has 0 aliphatic heterocycles. The molecule has 0 aliphatic rings. The summed E-state index contributed by atoms with van der Waals surface area (Å²) >= 11 is -1.98. The second-order valence-corrected chi connectivity index (χ2v) is 13.7. The van der Waals surface area contributed by atoms with Gasteiger partial charge < -0.3 is 0 Å². The molecule has 2 nitrogen and oxygen atoms in total. The molecule has 0 rings (SSSR count). The Morgan fingerprint density at radius 2 is 0.882 bits per heavy atom. The quantitative estimate of drug-likeness (QED) is 0.564. The standard InChI is InChI=1S/C14H34GeN2/c1-7-13-15(14-8-2,16(9-3)10-4)17(11-5)12-6/h7-14H2,1-6H3. The van der Waals surface area contributed by atoms with Crippen LogP contribution < -0.4 is 0 Å². The van der Waals surface area contributed by atoms with Crippen LogP contribution >= 0.6 is 0 Å². The molecule has 3 heteroatoms. The summed E-state index contributed by atoms with van der Waals surface area (Å²) in [6, 6.07) is 0. The van der Waals surface area contributed by atoms with Crippen LogP contribution in [0, 0.1) is 0 Å². The first-order valence-electron chi connectivity index (χ1n) is 7.66. The van der Waals surface area contributed by atoms with E-state index < -0.39 is 13.7 Å². The first kappa shape index (κ1) is 17.5. The Kier molecular flexibility index (Phi) is 9.66. The van der Waals surface area contributed by atoms with Gasteiger partial charge in [-0.25, -0.2) is 0 Å². The Hall–Kier alpha value is 0.463. The Morgan fingerprint density at radius 1 is 0.588 bits per heavy atom. The molecule has 0 unspecified atom stereocenters. The van der Waals surface area contributed by atoms with Crippen LogP contribution in [0.3, 0.4) is 0 Å². The van der Waals surface area contributed by atoms with Crippen LogP contribution in [0.4, 0.5) is 0 Å². The fourth-order valence-corrected chi connectivity index (χ4v) is 15.7. The fraction of sp³-hybridized carbons (Fsp3) is 1.00. The zero-order chi connectivity index (χ0) is 13.3. The first-order valence-corrected chi connectivity index (χ1v) is 12.5. The molecule has 104 valence electrons. The van der Waals surface area contributed by atoms with E-state index >= 15 is 0 Å². The van der Waals surface area contributed by atoms with E-state index in [2.05, 4.69) is 49.3 Å². The third kappa shape index (κ3) is 4.25. The number of hydrogen-bond donors (Lipinski definition) is 0. The van der Waals surface area contributed by atoms with Crippen molar-refractivity contribution in [2.45, 2.75) is 64.9 Å². The molecule has 0 saturated heterocycles. The van der Waals surface area contributed by atoms with E-state index in [4.69, 9.17) is 0 Å². The monoisotopic (exact) mass is 304 g/mol. The predicted molar refractivity (Wildman–Crippen MR) is 81.8 cm³/mol. The molecule has 17 heavy (non-hydrogen) atoms. The van der Waals surface area contributed by atoms with Crippen molar-refractivity contribution in [1.29, 1.82) is 0 Å². The molecular formula is C14H34GeN2. The molecule has 0 aromatic carbocycles. The molecule has 0 aliphatic carbocycles. The van der Waals surface area contributed by atoms with Crippen LogP contribution in [0.25, 0.3) is 0 Å². The van der Waals surface area contributed by atoms with Crippen molar-refractivity contribution in [1.82, 2.24) is 7.71 Å². The van der Waals surface area contributed by atoms with Gasteiger partial charge in [-0.1, -0.05) is 0 Å². The van der Waals surface area contributed by atoms with Gasteiger partial charge >= 0.3 is 112 Å². The Labute approximate surface area is 113 Å². The SMILES string of the molecule is CC[CH2][Ge]([CH2]CC)([N](CC)CC)[N](CC)CC. The molecule has 0 fully saturated rings. The Balaban J connectivity index is 5.20. The van der Waals surface area contributed by atoms with Gasteiger partial charge in [0, 0.05) is 0 Å². The Bertz CT molecular complexity index is 157. The van der Waals surface area contributed by atoms with Gasteiger partial charge in [0.1, 0.15) is 0 Å². The summed E-state index contributed by atoms with van der Waals surface area (Å²) in [5, 5.41) is 2.97. The maximum atomic E-state index is 2.86. The van der Waals surface area contributed by atoms with Gasteiger partial charge in [0.05, 0.1) is 0 Å². The summed E-state index contributed by atoms with van der Waals surface area (Å²) in [5.41, 5.74) is 0. The van der Waals surface area contributed by atoms with Crippen molar-refractivity contribution in [2.24, 2.45) is 0 Å². The molecule has 0 radical (unpaired) electrons. The molecule has 0 saturated carbocycles. The molecule has 0 heterocycles. The number of nitrogens with zero attached hydrogens (tertiary/aromatic N) is 2. The van der Waals surface area contributed by atoms with Gasteiger partial charge in [-0.15, -0.1) is 0 Å². The minimum absolute atomic E-state index is 1.24. The second-order valence-electron chi connectivity index (χ2n) is 4.83. The third-order valence-electron chi connectivity index (χ3n) is 4.00. The van der Waals surface area contributed by atoms with E-state index in [9.17, 15) is 0 Å². The van der Waals surface area contributed by atoms with Crippen LogP contribution in [0.5, 0.6) is 0 Å². The fourth-order valence-electron chi connectivity index (χ4n) is 3.38. The minimum atomic E-state index is -1.98. The summed E-state index contributed by atoms with van der Waals surface area (Å²) in [6.45, 7) is 19.1. The number of rotatable bonds is 10. The maximum absolute atomic E-state index is 2.86. The number of hydrogen-bond acceptors (Lipinski definition) is 2. The van der Waals surface area contributed by atoms with Crippen molar-refractivity contribution < 1.29 is 0 Å². The summed E-state index contributed by atoms with van der Waals surface area (Å²) in [7, 11) is 0. The molecule has 0 spiro atoms. The Morgan fingerprint density at radius 3 is 1.06 bits per heavy atom. The van der Waals surface area contributed by atoms with Crippen molar-refractivity contribution in [3.05, 3.63) is 0 Å². The molecule has 0 N–H and O–H groups in total. The van der Waals surface area contributed by atoms with Gasteiger partial charge in [0.15, 0.2) is 0 Å². The summed E-state index contributed by atoms with van der Waals surface area (Å²) in [6.07, 6.45) is 2.71. The summed E-state index contributed by atoms with van der Waals surface area (Å²) in [5.74, 6) is 0. The molecule has 0 aromatic rings. The topological polar surface area (TPSA) is 6.48 Å². The molecule has 0 bridgehead atoms. The average Bonchev–Trinajstić information content (AvgIpc) is 2.32. The van der Waals surface area contributed by atoms with Gasteiger partial charge in [0.2, 0.25) is 0 Å². The van der Waals surface area contributed by atoms with E-state index in [1.165, 1.54) is 49.5 Å². The summed E-state index contributed by atoms with van der Waals surface area (Å²) in [4.78, 5) is 0. The molecule has 0 amide bonds. The predicted octanol–water partition coefficient (Wildman–Crippen LogP) is 3.93. The van der Waals surface area contributed by atoms with E-state index in [0.29, 0.717) is 0 Å². The van der Waals surface area contributed by atoms with E-state index in [0.717, 1.165) is 0 Å². The van der Waals surface area contributed by atoms with Crippen molar-refractivity contribution in [3.8, 4) is 0 Å². The second kappa shape index (κ2) is 9.40. The zero-order valence-electron chi connectivity index (χ0n) is 13.1. The van der Waals surface area contributed by atoms with Crippen LogP contribution in [0.2, 0.25) is 10.5 Å². The zero-order valence-corrected chi connectivity index (χ0v) is 15.1. The molecular weight excluding hydrogens is 269 g/mol. The first-order chi connectivity index (χ1) is 8.16. The van der Waals surface area contributed by atoms with E-state index in [1.807, 2.05) is 0 Å². The van der Waals surface area contributed by atoms with E-state index in [1.54, 1.807) is 0 Å². The van der Waals surface area contributed by atoms with Gasteiger partial charge in [0.25, 0.3) is 0 Å². The van der Waals surface area contributed by atoms with Crippen LogP contribution in [0.1, 0.15) is 54.4 Å². The van der Waals surface area contributed by atoms with Gasteiger partial charge in [-0.2, -0.15) is 0 Å². The van der Waals surface area contributed by atoms with Crippen LogP contribution in [-0.4, -0.2) is 47.6 Å². The van der Waals surface area contributed by atoms with Crippen LogP contribution in [-0.2, 0) is 0 Å². The van der Waals surface area contributed by atoms with E-state index in [-0.39, 0.29) is 0 Å². The summed E-state index contributed by atoms with van der Waals surface area (Å²) < 4.78 is 5.72. The van der Waals surface area contributed by atoms with Gasteiger partial charge in [-0.3, -0.25) is 0 Å². The van der Waals surface area contributed by atoms with Crippen LogP contribution in [0.15, 0.2) is 0 Å².